The Labute approximate surface area is 110 Å². The zero-order valence-corrected chi connectivity index (χ0v) is 10.8. The van der Waals surface area contributed by atoms with E-state index in [2.05, 4.69) is 5.32 Å². The molecule has 1 aromatic carbocycles. The minimum Gasteiger partial charge on any atom is -0.396 e. The molecule has 0 bridgehead atoms. The van der Waals surface area contributed by atoms with Crippen molar-refractivity contribution in [3.8, 4) is 0 Å². The van der Waals surface area contributed by atoms with Gasteiger partial charge in [0.2, 0.25) is 0 Å². The first-order chi connectivity index (χ1) is 8.99. The number of halogens is 2. The predicted molar refractivity (Wildman–Crippen MR) is 66.8 cm³/mol. The van der Waals surface area contributed by atoms with Crippen LogP contribution in [0.3, 0.4) is 0 Å². The molecule has 104 valence electrons. The molecular weight excluding hydrogens is 252 g/mol. The Bertz CT molecular complexity index is 498. The standard InChI is InChI=1S/C14H17F2NO2/c1-9-2-3-10(15)11(12(9)16)13(19)17-8-14(4-5-14)6-7-18/h2-3,18H,4-8H2,1H3,(H,17,19). The number of aliphatic hydroxyl groups excluding tert-OH is 1. The number of amides is 1. The van der Waals surface area contributed by atoms with E-state index < -0.39 is 23.1 Å². The van der Waals surface area contributed by atoms with E-state index in [9.17, 15) is 13.6 Å². The van der Waals surface area contributed by atoms with Gasteiger partial charge in [0.1, 0.15) is 17.2 Å². The summed E-state index contributed by atoms with van der Waals surface area (Å²) in [5.41, 5.74) is -0.371. The number of hydrogen-bond donors (Lipinski definition) is 2. The van der Waals surface area contributed by atoms with Gasteiger partial charge in [0.25, 0.3) is 5.91 Å². The van der Waals surface area contributed by atoms with E-state index in [1.165, 1.54) is 13.0 Å². The third kappa shape index (κ3) is 2.92. The van der Waals surface area contributed by atoms with E-state index in [0.717, 1.165) is 18.9 Å². The molecule has 0 radical (unpaired) electrons. The molecule has 0 atom stereocenters. The number of nitrogens with one attached hydrogen (secondary N) is 1. The number of hydrogen-bond acceptors (Lipinski definition) is 2. The molecule has 0 aromatic heterocycles. The van der Waals surface area contributed by atoms with Gasteiger partial charge in [-0.25, -0.2) is 8.78 Å². The second kappa shape index (κ2) is 5.25. The maximum atomic E-state index is 13.8. The Hall–Kier alpha value is -1.49. The highest BCUT2D eigenvalue weighted by Gasteiger charge is 2.42. The normalized spacial score (nSPS) is 16.2. The van der Waals surface area contributed by atoms with Crippen LogP contribution in [-0.2, 0) is 0 Å². The average molecular weight is 269 g/mol. The van der Waals surface area contributed by atoms with Crippen LogP contribution in [0.2, 0.25) is 0 Å². The molecule has 0 spiro atoms. The summed E-state index contributed by atoms with van der Waals surface area (Å²) < 4.78 is 27.3. The Morgan fingerprint density at radius 3 is 2.68 bits per heavy atom. The SMILES string of the molecule is Cc1ccc(F)c(C(=O)NCC2(CCO)CC2)c1F. The molecule has 0 heterocycles. The summed E-state index contributed by atoms with van der Waals surface area (Å²) in [5, 5.41) is 11.5. The van der Waals surface area contributed by atoms with E-state index in [0.29, 0.717) is 13.0 Å². The molecule has 1 aliphatic rings. The fourth-order valence-electron chi connectivity index (χ4n) is 2.15. The molecule has 2 N–H and O–H groups in total. The van der Waals surface area contributed by atoms with Crippen LogP contribution in [0, 0.1) is 24.0 Å². The molecule has 1 fully saturated rings. The van der Waals surface area contributed by atoms with E-state index >= 15 is 0 Å². The zero-order chi connectivity index (χ0) is 14.0. The molecule has 1 aromatic rings. The molecule has 2 rings (SSSR count). The topological polar surface area (TPSA) is 49.3 Å². The molecule has 1 aliphatic carbocycles. The average Bonchev–Trinajstić information content (AvgIpc) is 3.13. The fraction of sp³-hybridized carbons (Fsp3) is 0.500. The van der Waals surface area contributed by atoms with Gasteiger partial charge in [0, 0.05) is 13.2 Å². The lowest BCUT2D eigenvalue weighted by Gasteiger charge is -2.15. The fourth-order valence-corrected chi connectivity index (χ4v) is 2.15. The van der Waals surface area contributed by atoms with Crippen LogP contribution >= 0.6 is 0 Å². The lowest BCUT2D eigenvalue weighted by Crippen LogP contribution is -2.32. The predicted octanol–water partition coefficient (Wildman–Crippen LogP) is 2.17. The van der Waals surface area contributed by atoms with E-state index in [-0.39, 0.29) is 17.6 Å². The largest absolute Gasteiger partial charge is 0.396 e. The zero-order valence-electron chi connectivity index (χ0n) is 10.8. The summed E-state index contributed by atoms with van der Waals surface area (Å²) in [6.07, 6.45) is 2.45. The van der Waals surface area contributed by atoms with Crippen LogP contribution in [0.15, 0.2) is 12.1 Å². The van der Waals surface area contributed by atoms with Crippen molar-refractivity contribution in [1.82, 2.24) is 5.32 Å². The van der Waals surface area contributed by atoms with Gasteiger partial charge >= 0.3 is 0 Å². The maximum absolute atomic E-state index is 13.8. The smallest absolute Gasteiger partial charge is 0.257 e. The Balaban J connectivity index is 2.07. The van der Waals surface area contributed by atoms with Crippen molar-refractivity contribution in [3.05, 3.63) is 34.9 Å². The molecule has 5 heteroatoms. The molecule has 19 heavy (non-hydrogen) atoms. The summed E-state index contributed by atoms with van der Waals surface area (Å²) in [5.74, 6) is -2.40. The summed E-state index contributed by atoms with van der Waals surface area (Å²) in [7, 11) is 0. The van der Waals surface area contributed by atoms with Crippen molar-refractivity contribution in [2.24, 2.45) is 5.41 Å². The van der Waals surface area contributed by atoms with Gasteiger partial charge < -0.3 is 10.4 Å². The van der Waals surface area contributed by atoms with Crippen LogP contribution in [-0.4, -0.2) is 24.2 Å². The first kappa shape index (κ1) is 13.9. The summed E-state index contributed by atoms with van der Waals surface area (Å²) in [6.45, 7) is 1.89. The third-order valence-electron chi connectivity index (χ3n) is 3.73. The van der Waals surface area contributed by atoms with Crippen LogP contribution in [0.25, 0.3) is 0 Å². The van der Waals surface area contributed by atoms with Crippen LogP contribution in [0.4, 0.5) is 8.78 Å². The number of benzene rings is 1. The van der Waals surface area contributed by atoms with Gasteiger partial charge in [-0.15, -0.1) is 0 Å². The third-order valence-corrected chi connectivity index (χ3v) is 3.73. The maximum Gasteiger partial charge on any atom is 0.257 e. The van der Waals surface area contributed by atoms with Gasteiger partial charge in [-0.1, -0.05) is 6.07 Å². The van der Waals surface area contributed by atoms with Gasteiger partial charge in [-0.2, -0.15) is 0 Å². The highest BCUT2D eigenvalue weighted by molar-refractivity contribution is 5.95. The van der Waals surface area contributed by atoms with E-state index in [1.54, 1.807) is 0 Å². The molecule has 0 saturated heterocycles. The Morgan fingerprint density at radius 2 is 2.11 bits per heavy atom. The van der Waals surface area contributed by atoms with Gasteiger partial charge in [0.05, 0.1) is 0 Å². The van der Waals surface area contributed by atoms with Crippen LogP contribution < -0.4 is 5.32 Å². The second-order valence-electron chi connectivity index (χ2n) is 5.21. The highest BCUT2D eigenvalue weighted by atomic mass is 19.1. The van der Waals surface area contributed by atoms with Gasteiger partial charge in [-0.05, 0) is 43.2 Å². The van der Waals surface area contributed by atoms with Crippen molar-refractivity contribution < 1.29 is 18.7 Å². The molecular formula is C14H17F2NO2. The Kier molecular flexibility index (Phi) is 3.85. The van der Waals surface area contributed by atoms with Crippen LogP contribution in [0.5, 0.6) is 0 Å². The van der Waals surface area contributed by atoms with Crippen LogP contribution in [0.1, 0.15) is 35.2 Å². The summed E-state index contributed by atoms with van der Waals surface area (Å²) in [4.78, 5) is 11.9. The van der Waals surface area contributed by atoms with Gasteiger partial charge in [0.15, 0.2) is 0 Å². The number of rotatable bonds is 5. The number of aliphatic hydroxyl groups is 1. The number of aryl methyl sites for hydroxylation is 1. The molecule has 1 saturated carbocycles. The lowest BCUT2D eigenvalue weighted by atomic mass is 10.0. The highest BCUT2D eigenvalue weighted by Crippen LogP contribution is 2.47. The molecule has 0 unspecified atom stereocenters. The first-order valence-electron chi connectivity index (χ1n) is 6.33. The minimum atomic E-state index is -0.854. The number of carbonyl (C=O) groups excluding carboxylic acids is 1. The lowest BCUT2D eigenvalue weighted by molar-refractivity contribution is 0.0932. The van der Waals surface area contributed by atoms with E-state index in [1.807, 2.05) is 0 Å². The van der Waals surface area contributed by atoms with E-state index in [4.69, 9.17) is 5.11 Å². The Morgan fingerprint density at radius 1 is 1.42 bits per heavy atom. The summed E-state index contributed by atoms with van der Waals surface area (Å²) in [6, 6.07) is 2.39. The van der Waals surface area contributed by atoms with Crippen molar-refractivity contribution in [2.45, 2.75) is 26.2 Å². The summed E-state index contributed by atoms with van der Waals surface area (Å²) >= 11 is 0. The monoisotopic (exact) mass is 269 g/mol. The van der Waals surface area contributed by atoms with Crippen molar-refractivity contribution in [1.29, 1.82) is 0 Å². The van der Waals surface area contributed by atoms with Gasteiger partial charge in [-0.3, -0.25) is 4.79 Å². The quantitative estimate of drug-likeness (QED) is 0.860. The van der Waals surface area contributed by atoms with Crippen molar-refractivity contribution >= 4 is 5.91 Å². The second-order valence-corrected chi connectivity index (χ2v) is 5.21. The molecule has 3 nitrogen and oxygen atoms in total. The van der Waals surface area contributed by atoms with Crippen molar-refractivity contribution in [3.63, 3.8) is 0 Å². The number of carbonyl (C=O) groups is 1. The first-order valence-corrected chi connectivity index (χ1v) is 6.33. The minimum absolute atomic E-state index is 0.0586. The molecule has 0 aliphatic heterocycles. The molecule has 1 amide bonds. The van der Waals surface area contributed by atoms with Crippen molar-refractivity contribution in [2.75, 3.05) is 13.2 Å².